The Morgan fingerprint density at radius 2 is 1.53 bits per heavy atom. The lowest BCUT2D eigenvalue weighted by Crippen LogP contribution is -2.20. The summed E-state index contributed by atoms with van der Waals surface area (Å²) in [6.45, 7) is 0.747. The van der Waals surface area contributed by atoms with Crippen LogP contribution in [0.2, 0.25) is 0 Å². The van der Waals surface area contributed by atoms with Crippen LogP contribution in [0.25, 0.3) is 0 Å². The molecule has 1 amide bonds. The molecule has 1 N–H and O–H groups in total. The molecule has 32 heavy (non-hydrogen) atoms. The van der Waals surface area contributed by atoms with E-state index < -0.39 is 0 Å². The number of hydrogen-bond acceptors (Lipinski definition) is 5. The Morgan fingerprint density at radius 3 is 2.22 bits per heavy atom. The van der Waals surface area contributed by atoms with Gasteiger partial charge in [-0.1, -0.05) is 48.5 Å². The van der Waals surface area contributed by atoms with E-state index >= 15 is 0 Å². The van der Waals surface area contributed by atoms with Gasteiger partial charge in [0, 0.05) is 20.0 Å². The Hall–Kier alpha value is -3.67. The summed E-state index contributed by atoms with van der Waals surface area (Å²) in [7, 11) is 6.75. The van der Waals surface area contributed by atoms with Gasteiger partial charge in [0.15, 0.2) is 11.5 Å². The monoisotopic (exact) mass is 434 g/mol. The van der Waals surface area contributed by atoms with Crippen molar-refractivity contribution in [2.75, 3.05) is 38.6 Å². The van der Waals surface area contributed by atoms with Gasteiger partial charge in [-0.2, -0.15) is 0 Å². The first-order chi connectivity index (χ1) is 15.6. The van der Waals surface area contributed by atoms with E-state index in [-0.39, 0.29) is 5.91 Å². The van der Waals surface area contributed by atoms with E-state index in [1.54, 1.807) is 21.3 Å². The number of carbonyl (C=O) groups is 1. The van der Waals surface area contributed by atoms with Gasteiger partial charge in [-0.3, -0.25) is 4.79 Å². The number of ether oxygens (including phenoxy) is 3. The van der Waals surface area contributed by atoms with E-state index in [1.807, 2.05) is 61.6 Å². The number of nitrogens with zero attached hydrogens (tertiary/aromatic N) is 1. The number of carbonyl (C=O) groups excluding carboxylic acids is 1. The Kier molecular flexibility index (Phi) is 7.97. The van der Waals surface area contributed by atoms with Gasteiger partial charge in [-0.25, -0.2) is 0 Å². The largest absolute Gasteiger partial charge is 0.493 e. The highest BCUT2D eigenvalue weighted by molar-refractivity contribution is 5.94. The lowest BCUT2D eigenvalue weighted by molar-refractivity contribution is -0.116. The van der Waals surface area contributed by atoms with E-state index in [0.717, 1.165) is 23.5 Å². The molecule has 0 fully saturated rings. The summed E-state index contributed by atoms with van der Waals surface area (Å²) >= 11 is 0. The molecule has 0 aliphatic heterocycles. The first-order valence-corrected chi connectivity index (χ1v) is 10.5. The van der Waals surface area contributed by atoms with E-state index in [1.165, 1.54) is 5.56 Å². The minimum Gasteiger partial charge on any atom is -0.493 e. The fourth-order valence-corrected chi connectivity index (χ4v) is 3.68. The molecule has 6 nitrogen and oxygen atoms in total. The fraction of sp³-hybridized carbons (Fsp3) is 0.269. The maximum atomic E-state index is 12.8. The molecule has 3 aromatic carbocycles. The normalized spacial score (nSPS) is 10.4. The van der Waals surface area contributed by atoms with Gasteiger partial charge in [0.1, 0.15) is 0 Å². The van der Waals surface area contributed by atoms with Crippen LogP contribution in [0.1, 0.15) is 17.5 Å². The van der Waals surface area contributed by atoms with Crippen molar-refractivity contribution in [2.24, 2.45) is 0 Å². The van der Waals surface area contributed by atoms with E-state index in [2.05, 4.69) is 22.3 Å². The maximum Gasteiger partial charge on any atom is 0.224 e. The first-order valence-electron chi connectivity index (χ1n) is 10.5. The van der Waals surface area contributed by atoms with Crippen LogP contribution in [0.4, 0.5) is 11.4 Å². The van der Waals surface area contributed by atoms with Crippen LogP contribution < -0.4 is 24.4 Å². The zero-order valence-corrected chi connectivity index (χ0v) is 19.1. The summed E-state index contributed by atoms with van der Waals surface area (Å²) in [5.74, 6) is 1.64. The molecule has 0 spiro atoms. The number of nitrogens with one attached hydrogen (secondary N) is 1. The Balaban J connectivity index is 1.69. The van der Waals surface area contributed by atoms with Crippen molar-refractivity contribution >= 4 is 17.3 Å². The van der Waals surface area contributed by atoms with Gasteiger partial charge in [-0.05, 0) is 35.7 Å². The molecule has 168 valence electrons. The van der Waals surface area contributed by atoms with Crippen molar-refractivity contribution in [3.63, 3.8) is 0 Å². The van der Waals surface area contributed by atoms with Gasteiger partial charge in [0.05, 0.1) is 32.7 Å². The van der Waals surface area contributed by atoms with Crippen LogP contribution in [0.15, 0.2) is 66.7 Å². The van der Waals surface area contributed by atoms with Gasteiger partial charge >= 0.3 is 0 Å². The van der Waals surface area contributed by atoms with Crippen LogP contribution in [0.3, 0.4) is 0 Å². The van der Waals surface area contributed by atoms with Crippen LogP contribution in [0.5, 0.6) is 17.2 Å². The standard InChI is InChI=1S/C26H30N2O4/c1-28(18-19-10-6-5-7-11-19)22-13-9-8-12-21(22)27-24(29)17-15-20-14-16-23(30-2)26(32-4)25(20)31-3/h5-14,16H,15,17-18H2,1-4H3,(H,27,29). The average Bonchev–Trinajstić information content (AvgIpc) is 2.82. The Labute approximate surface area is 189 Å². The average molecular weight is 435 g/mol. The molecule has 0 aliphatic carbocycles. The van der Waals surface area contributed by atoms with Crippen LogP contribution in [0, 0.1) is 0 Å². The van der Waals surface area contributed by atoms with Gasteiger partial charge < -0.3 is 24.4 Å². The molecule has 3 rings (SSSR count). The predicted octanol–water partition coefficient (Wildman–Crippen LogP) is 4.92. The topological polar surface area (TPSA) is 60.0 Å². The molecular formula is C26H30N2O4. The summed E-state index contributed by atoms with van der Waals surface area (Å²) in [6.07, 6.45) is 0.819. The minimum atomic E-state index is -0.0672. The minimum absolute atomic E-state index is 0.0672. The third-order valence-electron chi connectivity index (χ3n) is 5.26. The highest BCUT2D eigenvalue weighted by Crippen LogP contribution is 2.40. The van der Waals surface area contributed by atoms with Gasteiger partial charge in [0.25, 0.3) is 0 Å². The second kappa shape index (κ2) is 11.1. The van der Waals surface area contributed by atoms with E-state index in [9.17, 15) is 4.79 Å². The highest BCUT2D eigenvalue weighted by Gasteiger charge is 2.17. The molecule has 0 aromatic heterocycles. The van der Waals surface area contributed by atoms with Crippen molar-refractivity contribution in [2.45, 2.75) is 19.4 Å². The second-order valence-corrected chi connectivity index (χ2v) is 7.40. The van der Waals surface area contributed by atoms with Crippen LogP contribution in [-0.2, 0) is 17.8 Å². The first kappa shape index (κ1) is 23.0. The summed E-state index contributed by atoms with van der Waals surface area (Å²) in [4.78, 5) is 14.9. The quantitative estimate of drug-likeness (QED) is 0.491. The number of methoxy groups -OCH3 is 3. The van der Waals surface area contributed by atoms with Gasteiger partial charge in [-0.15, -0.1) is 0 Å². The second-order valence-electron chi connectivity index (χ2n) is 7.40. The molecule has 0 saturated heterocycles. The zero-order valence-electron chi connectivity index (χ0n) is 19.1. The predicted molar refractivity (Wildman–Crippen MR) is 128 cm³/mol. The molecule has 0 heterocycles. The number of amides is 1. The molecule has 0 aliphatic rings. The summed E-state index contributed by atoms with van der Waals surface area (Å²) in [5.41, 5.74) is 3.84. The molecule has 0 atom stereocenters. The molecule has 0 saturated carbocycles. The van der Waals surface area contributed by atoms with Crippen molar-refractivity contribution in [1.29, 1.82) is 0 Å². The van der Waals surface area contributed by atoms with Crippen molar-refractivity contribution in [3.05, 3.63) is 77.9 Å². The van der Waals surface area contributed by atoms with Crippen LogP contribution in [-0.4, -0.2) is 34.3 Å². The van der Waals surface area contributed by atoms with E-state index in [4.69, 9.17) is 14.2 Å². The molecule has 6 heteroatoms. The molecular weight excluding hydrogens is 404 g/mol. The number of para-hydroxylation sites is 2. The van der Waals surface area contributed by atoms with E-state index in [0.29, 0.717) is 30.1 Å². The molecule has 0 bridgehead atoms. The smallest absolute Gasteiger partial charge is 0.224 e. The number of rotatable bonds is 10. The summed E-state index contributed by atoms with van der Waals surface area (Å²) in [5, 5.41) is 3.06. The maximum absolute atomic E-state index is 12.8. The SMILES string of the molecule is COc1ccc(CCC(=O)Nc2ccccc2N(C)Cc2ccccc2)c(OC)c1OC. The van der Waals surface area contributed by atoms with Crippen molar-refractivity contribution in [3.8, 4) is 17.2 Å². The number of anilines is 2. The van der Waals surface area contributed by atoms with Crippen molar-refractivity contribution in [1.82, 2.24) is 0 Å². The zero-order chi connectivity index (χ0) is 22.9. The van der Waals surface area contributed by atoms with Crippen molar-refractivity contribution < 1.29 is 19.0 Å². The van der Waals surface area contributed by atoms with Crippen LogP contribution >= 0.6 is 0 Å². The molecule has 0 radical (unpaired) electrons. The molecule has 0 unspecified atom stereocenters. The summed E-state index contributed by atoms with van der Waals surface area (Å²) < 4.78 is 16.3. The Morgan fingerprint density at radius 1 is 0.844 bits per heavy atom. The molecule has 3 aromatic rings. The third-order valence-corrected chi connectivity index (χ3v) is 5.26. The number of benzene rings is 3. The fourth-order valence-electron chi connectivity index (χ4n) is 3.68. The Bertz CT molecular complexity index is 1040. The lowest BCUT2D eigenvalue weighted by atomic mass is 10.1. The number of aryl methyl sites for hydroxylation is 1. The van der Waals surface area contributed by atoms with Gasteiger partial charge in [0.2, 0.25) is 11.7 Å². The lowest BCUT2D eigenvalue weighted by Gasteiger charge is -2.23. The summed E-state index contributed by atoms with van der Waals surface area (Å²) in [6, 6.07) is 21.8. The number of hydrogen-bond donors (Lipinski definition) is 1. The highest BCUT2D eigenvalue weighted by atomic mass is 16.5. The third kappa shape index (κ3) is 5.52.